The Hall–Kier alpha value is -1.57. The number of amides is 2. The van der Waals surface area contributed by atoms with Crippen LogP contribution in [0, 0.1) is 11.3 Å². The Morgan fingerprint density at radius 3 is 2.62 bits per heavy atom. The number of urea groups is 1. The van der Waals surface area contributed by atoms with E-state index in [1.807, 2.05) is 0 Å². The Balaban J connectivity index is 2.23. The molecule has 0 aromatic carbocycles. The summed E-state index contributed by atoms with van der Waals surface area (Å²) in [6.07, 6.45) is 8.98. The summed E-state index contributed by atoms with van der Waals surface area (Å²) in [5.74, 6) is -0.555. The summed E-state index contributed by atoms with van der Waals surface area (Å²) >= 11 is 6.84. The molecule has 4 atom stereocenters. The lowest BCUT2D eigenvalue weighted by Gasteiger charge is -2.48. The third kappa shape index (κ3) is 7.99. The molecule has 4 unspecified atom stereocenters. The first-order valence-corrected chi connectivity index (χ1v) is 12.9. The number of nitrogens with one attached hydrogen (secondary N) is 2. The number of halogens is 1. The molecule has 3 N–H and O–H groups in total. The molecule has 2 aliphatic rings. The van der Waals surface area contributed by atoms with Crippen molar-refractivity contribution < 1.29 is 24.2 Å². The van der Waals surface area contributed by atoms with Crippen molar-refractivity contribution in [3.8, 4) is 0 Å². The monoisotopic (exact) mass is 498 g/mol. The summed E-state index contributed by atoms with van der Waals surface area (Å²) in [5.41, 5.74) is 1.74. The van der Waals surface area contributed by atoms with Gasteiger partial charge in [0.2, 0.25) is 0 Å². The molecule has 194 valence electrons. The van der Waals surface area contributed by atoms with Crippen molar-refractivity contribution in [2.45, 2.75) is 89.7 Å². The van der Waals surface area contributed by atoms with Gasteiger partial charge in [-0.15, -0.1) is 11.6 Å². The molecular weight excluding hydrogens is 456 g/mol. The number of rotatable bonds is 10. The average molecular weight is 499 g/mol. The van der Waals surface area contributed by atoms with E-state index in [-0.39, 0.29) is 54.4 Å². The number of carbonyl (C=O) groups excluding carboxylic acids is 2. The summed E-state index contributed by atoms with van der Waals surface area (Å²) in [6.45, 7) is 8.83. The predicted octanol–water partition coefficient (Wildman–Crippen LogP) is 4.48. The number of ether oxygens (including phenoxy) is 2. The molecule has 1 fully saturated rings. The molecule has 1 saturated carbocycles. The average Bonchev–Trinajstić information content (AvgIpc) is 2.78. The first-order chi connectivity index (χ1) is 16.0. The van der Waals surface area contributed by atoms with Crippen molar-refractivity contribution in [2.24, 2.45) is 11.3 Å². The topological polar surface area (TPSA) is 96.9 Å². The smallest absolute Gasteiger partial charge is 0.315 e. The fourth-order valence-electron chi connectivity index (χ4n) is 4.89. The predicted molar refractivity (Wildman–Crippen MR) is 135 cm³/mol. The van der Waals surface area contributed by atoms with E-state index in [9.17, 15) is 14.7 Å². The van der Waals surface area contributed by atoms with Crippen LogP contribution in [0.2, 0.25) is 0 Å². The Kier molecular flexibility index (Phi) is 10.9. The molecule has 2 amide bonds. The van der Waals surface area contributed by atoms with Gasteiger partial charge in [-0.2, -0.15) is 0 Å². The van der Waals surface area contributed by atoms with E-state index in [1.54, 1.807) is 14.0 Å². The molecule has 0 aliphatic heterocycles. The summed E-state index contributed by atoms with van der Waals surface area (Å²) in [4.78, 5) is 24.5. The van der Waals surface area contributed by atoms with Crippen LogP contribution in [0.1, 0.15) is 72.6 Å². The fourth-order valence-corrected chi connectivity index (χ4v) is 5.24. The van der Waals surface area contributed by atoms with Crippen LogP contribution in [-0.4, -0.2) is 61.0 Å². The summed E-state index contributed by atoms with van der Waals surface area (Å²) in [6, 6.07) is -0.367. The largest absolute Gasteiger partial charge is 0.466 e. The maximum atomic E-state index is 12.9. The van der Waals surface area contributed by atoms with Gasteiger partial charge in [0.15, 0.2) is 0 Å². The van der Waals surface area contributed by atoms with Crippen molar-refractivity contribution in [3.63, 3.8) is 0 Å². The first-order valence-electron chi connectivity index (χ1n) is 12.4. The number of methoxy groups -OCH3 is 1. The van der Waals surface area contributed by atoms with Gasteiger partial charge < -0.3 is 25.2 Å². The second kappa shape index (κ2) is 12.9. The first kappa shape index (κ1) is 28.7. The minimum atomic E-state index is -0.725. The molecule has 2 aliphatic carbocycles. The van der Waals surface area contributed by atoms with Gasteiger partial charge in [0.1, 0.15) is 0 Å². The van der Waals surface area contributed by atoms with Crippen molar-refractivity contribution in [1.29, 1.82) is 0 Å². The summed E-state index contributed by atoms with van der Waals surface area (Å²) in [7, 11) is 1.68. The zero-order valence-corrected chi connectivity index (χ0v) is 22.2. The third-order valence-electron chi connectivity index (χ3n) is 6.95. The molecule has 0 saturated heterocycles. The van der Waals surface area contributed by atoms with Crippen molar-refractivity contribution in [3.05, 3.63) is 23.3 Å². The lowest BCUT2D eigenvalue weighted by molar-refractivity contribution is -0.142. The highest BCUT2D eigenvalue weighted by atomic mass is 35.5. The van der Waals surface area contributed by atoms with E-state index < -0.39 is 5.54 Å². The standard InChI is InChI=1S/C26H43ClN2O5/c1-6-34-23(31)11-14-28-24(32)29-26(13-10-21(33-5)15-20(26)17-30)19-8-7-18(22(27)16-19)9-12-25(2,3)4/h7-8,20-22,30H,6,9-17H2,1-5H3,(H2,28,29,32). The van der Waals surface area contributed by atoms with Crippen LogP contribution in [0.15, 0.2) is 23.3 Å². The minimum absolute atomic E-state index is 0.0350. The highest BCUT2D eigenvalue weighted by molar-refractivity contribution is 6.22. The number of hydrogen-bond acceptors (Lipinski definition) is 5. The molecule has 0 bridgehead atoms. The van der Waals surface area contributed by atoms with Crippen LogP contribution in [0.3, 0.4) is 0 Å². The van der Waals surface area contributed by atoms with Crippen LogP contribution >= 0.6 is 11.6 Å². The van der Waals surface area contributed by atoms with E-state index in [0.717, 1.165) is 24.8 Å². The highest BCUT2D eigenvalue weighted by Gasteiger charge is 2.48. The van der Waals surface area contributed by atoms with Gasteiger partial charge in [-0.3, -0.25) is 4.79 Å². The van der Waals surface area contributed by atoms with Crippen molar-refractivity contribution in [2.75, 3.05) is 26.9 Å². The second-order valence-corrected chi connectivity index (χ2v) is 11.1. The van der Waals surface area contributed by atoms with Gasteiger partial charge in [0, 0.05) is 26.2 Å². The maximum Gasteiger partial charge on any atom is 0.315 e. The van der Waals surface area contributed by atoms with Gasteiger partial charge in [-0.05, 0) is 56.4 Å². The number of hydrogen-bond donors (Lipinski definition) is 3. The zero-order chi connectivity index (χ0) is 25.4. The Morgan fingerprint density at radius 1 is 1.29 bits per heavy atom. The van der Waals surface area contributed by atoms with E-state index in [4.69, 9.17) is 21.1 Å². The molecule has 0 heterocycles. The number of carbonyl (C=O) groups is 2. The van der Waals surface area contributed by atoms with Crippen LogP contribution < -0.4 is 10.6 Å². The van der Waals surface area contributed by atoms with Crippen LogP contribution in [-0.2, 0) is 14.3 Å². The number of aliphatic hydroxyl groups is 1. The van der Waals surface area contributed by atoms with Gasteiger partial charge in [-0.25, -0.2) is 4.79 Å². The SMILES string of the molecule is CCOC(=O)CCNC(=O)NC1(C2=CC=C(CCC(C)(C)C)C(Cl)C2)CCC(OC)CC1CO. The number of alkyl halides is 1. The third-order valence-corrected chi connectivity index (χ3v) is 7.39. The zero-order valence-electron chi connectivity index (χ0n) is 21.4. The molecule has 34 heavy (non-hydrogen) atoms. The van der Waals surface area contributed by atoms with E-state index in [2.05, 4.69) is 43.6 Å². The molecule has 2 rings (SSSR count). The lowest BCUT2D eigenvalue weighted by atomic mass is 9.65. The van der Waals surface area contributed by atoms with E-state index in [0.29, 0.717) is 25.9 Å². The fraction of sp³-hybridized carbons (Fsp3) is 0.769. The van der Waals surface area contributed by atoms with E-state index in [1.165, 1.54) is 5.57 Å². The van der Waals surface area contributed by atoms with Crippen molar-refractivity contribution >= 4 is 23.6 Å². The maximum absolute atomic E-state index is 12.9. The number of esters is 1. The quantitative estimate of drug-likeness (QED) is 0.305. The highest BCUT2D eigenvalue weighted by Crippen LogP contribution is 2.44. The molecule has 7 nitrogen and oxygen atoms in total. The van der Waals surface area contributed by atoms with Gasteiger partial charge in [0.25, 0.3) is 0 Å². The second-order valence-electron chi connectivity index (χ2n) is 10.6. The molecule has 0 radical (unpaired) electrons. The molecule has 8 heteroatoms. The number of aliphatic hydroxyl groups excluding tert-OH is 1. The van der Waals surface area contributed by atoms with Crippen LogP contribution in [0.5, 0.6) is 0 Å². The molecule has 0 aromatic rings. The Labute approximate surface area is 209 Å². The Bertz CT molecular complexity index is 761. The lowest BCUT2D eigenvalue weighted by Crippen LogP contribution is -2.61. The molecular formula is C26H43ClN2O5. The van der Waals surface area contributed by atoms with Crippen LogP contribution in [0.25, 0.3) is 0 Å². The minimum Gasteiger partial charge on any atom is -0.466 e. The Morgan fingerprint density at radius 2 is 2.03 bits per heavy atom. The molecule has 0 aromatic heterocycles. The number of allylic oxidation sites excluding steroid dienone is 3. The van der Waals surface area contributed by atoms with Gasteiger partial charge in [-0.1, -0.05) is 38.5 Å². The van der Waals surface area contributed by atoms with Crippen molar-refractivity contribution in [1.82, 2.24) is 10.6 Å². The summed E-state index contributed by atoms with van der Waals surface area (Å²) in [5, 5.41) is 16.1. The van der Waals surface area contributed by atoms with Gasteiger partial charge >= 0.3 is 12.0 Å². The van der Waals surface area contributed by atoms with Crippen LogP contribution in [0.4, 0.5) is 4.79 Å². The molecule has 0 spiro atoms. The normalized spacial score (nSPS) is 27.4. The summed E-state index contributed by atoms with van der Waals surface area (Å²) < 4.78 is 10.5. The van der Waals surface area contributed by atoms with E-state index >= 15 is 0 Å². The van der Waals surface area contributed by atoms with Gasteiger partial charge in [0.05, 0.1) is 30.0 Å².